The Kier molecular flexibility index (Phi) is 7.32. The van der Waals surface area contributed by atoms with Crippen LogP contribution in [0.2, 0.25) is 0 Å². The van der Waals surface area contributed by atoms with Gasteiger partial charge < -0.3 is 24.0 Å². The topological polar surface area (TPSA) is 51.2 Å². The number of nitrogens with zero attached hydrogens (tertiary/aromatic N) is 2. The zero-order valence-electron chi connectivity index (χ0n) is 16.6. The van der Waals surface area contributed by atoms with E-state index in [9.17, 15) is 4.79 Å². The molecule has 0 radical (unpaired) electrons. The Morgan fingerprint density at radius 1 is 1.12 bits per heavy atom. The van der Waals surface area contributed by atoms with E-state index in [0.29, 0.717) is 19.1 Å². The third kappa shape index (κ3) is 5.18. The first-order valence-corrected chi connectivity index (χ1v) is 10.4. The summed E-state index contributed by atoms with van der Waals surface area (Å²) in [5, 5.41) is 0. The molecule has 0 aromatic carbocycles. The molecular formula is C20H36N2O4. The molecule has 6 heteroatoms. The molecule has 6 nitrogen and oxygen atoms in total. The van der Waals surface area contributed by atoms with Crippen LogP contribution in [0, 0.1) is 5.92 Å². The summed E-state index contributed by atoms with van der Waals surface area (Å²) in [5.41, 5.74) is -0.0852. The quantitative estimate of drug-likeness (QED) is 0.671. The van der Waals surface area contributed by atoms with E-state index >= 15 is 0 Å². The maximum absolute atomic E-state index is 12.8. The highest BCUT2D eigenvalue weighted by molar-refractivity contribution is 5.79. The van der Waals surface area contributed by atoms with Crippen molar-refractivity contribution in [2.75, 3.05) is 59.7 Å². The first-order valence-electron chi connectivity index (χ1n) is 10.4. The van der Waals surface area contributed by atoms with E-state index in [1.54, 1.807) is 0 Å². The Morgan fingerprint density at radius 3 is 2.54 bits per heavy atom. The molecule has 0 aromatic rings. The Labute approximate surface area is 158 Å². The van der Waals surface area contributed by atoms with E-state index in [0.717, 1.165) is 77.9 Å². The lowest BCUT2D eigenvalue weighted by Crippen LogP contribution is -2.53. The predicted octanol–water partition coefficient (Wildman–Crippen LogP) is 1.92. The van der Waals surface area contributed by atoms with Crippen molar-refractivity contribution in [3.8, 4) is 0 Å². The third-order valence-corrected chi connectivity index (χ3v) is 6.29. The Morgan fingerprint density at radius 2 is 1.85 bits per heavy atom. The zero-order chi connectivity index (χ0) is 18.4. The molecule has 3 fully saturated rings. The maximum Gasteiger partial charge on any atom is 0.225 e. The van der Waals surface area contributed by atoms with Gasteiger partial charge in [0.2, 0.25) is 5.91 Å². The number of amides is 1. The zero-order valence-corrected chi connectivity index (χ0v) is 16.6. The van der Waals surface area contributed by atoms with Crippen molar-refractivity contribution in [1.29, 1.82) is 0 Å². The van der Waals surface area contributed by atoms with Crippen LogP contribution in [0.15, 0.2) is 0 Å². The summed E-state index contributed by atoms with van der Waals surface area (Å²) >= 11 is 0. The lowest BCUT2D eigenvalue weighted by Gasteiger charge is -2.46. The van der Waals surface area contributed by atoms with E-state index < -0.39 is 0 Å². The van der Waals surface area contributed by atoms with Crippen molar-refractivity contribution in [1.82, 2.24) is 9.80 Å². The van der Waals surface area contributed by atoms with E-state index in [4.69, 9.17) is 14.2 Å². The summed E-state index contributed by atoms with van der Waals surface area (Å²) in [6, 6.07) is 0. The molecule has 1 unspecified atom stereocenters. The maximum atomic E-state index is 12.8. The fourth-order valence-corrected chi connectivity index (χ4v) is 4.54. The van der Waals surface area contributed by atoms with Gasteiger partial charge in [-0.3, -0.25) is 4.79 Å². The van der Waals surface area contributed by atoms with Crippen LogP contribution in [0.1, 0.15) is 45.4 Å². The monoisotopic (exact) mass is 368 g/mol. The predicted molar refractivity (Wildman–Crippen MR) is 100 cm³/mol. The minimum absolute atomic E-state index is 0.0852. The molecule has 3 rings (SSSR count). The van der Waals surface area contributed by atoms with Crippen molar-refractivity contribution in [2.24, 2.45) is 5.92 Å². The van der Waals surface area contributed by atoms with Crippen molar-refractivity contribution in [3.05, 3.63) is 0 Å². The number of ether oxygens (including phenoxy) is 3. The summed E-state index contributed by atoms with van der Waals surface area (Å²) in [6.07, 6.45) is 6.07. The first-order chi connectivity index (χ1) is 12.6. The van der Waals surface area contributed by atoms with Gasteiger partial charge in [-0.1, -0.05) is 0 Å². The summed E-state index contributed by atoms with van der Waals surface area (Å²) in [4.78, 5) is 17.2. The van der Waals surface area contributed by atoms with Crippen LogP contribution in [0.25, 0.3) is 0 Å². The molecule has 3 aliphatic rings. The smallest absolute Gasteiger partial charge is 0.225 e. The van der Waals surface area contributed by atoms with Crippen LogP contribution < -0.4 is 0 Å². The van der Waals surface area contributed by atoms with E-state index in [-0.39, 0.29) is 17.6 Å². The fraction of sp³-hybridized carbons (Fsp3) is 0.950. The number of hydrogen-bond donors (Lipinski definition) is 0. The number of likely N-dealkylation sites (tertiary alicyclic amines) is 2. The third-order valence-electron chi connectivity index (χ3n) is 6.29. The average Bonchev–Trinajstić information content (AvgIpc) is 2.66. The molecule has 0 N–H and O–H groups in total. The summed E-state index contributed by atoms with van der Waals surface area (Å²) < 4.78 is 17.6. The Hall–Kier alpha value is -0.690. The number of carbonyl (C=O) groups excluding carboxylic acids is 1. The second kappa shape index (κ2) is 9.49. The lowest BCUT2D eigenvalue weighted by atomic mass is 9.82. The van der Waals surface area contributed by atoms with Gasteiger partial charge in [0, 0.05) is 38.6 Å². The summed E-state index contributed by atoms with van der Waals surface area (Å²) in [6.45, 7) is 8.58. The molecule has 150 valence electrons. The van der Waals surface area contributed by atoms with Gasteiger partial charge >= 0.3 is 0 Å². The van der Waals surface area contributed by atoms with E-state index in [1.165, 1.54) is 0 Å². The minimum Gasteiger partial charge on any atom is -0.379 e. The molecule has 1 amide bonds. The van der Waals surface area contributed by atoms with Crippen LogP contribution >= 0.6 is 0 Å². The van der Waals surface area contributed by atoms with Crippen molar-refractivity contribution >= 4 is 5.91 Å². The van der Waals surface area contributed by atoms with Crippen LogP contribution in [-0.4, -0.2) is 87.1 Å². The molecule has 1 spiro atoms. The van der Waals surface area contributed by atoms with Gasteiger partial charge in [0.25, 0.3) is 0 Å². The largest absolute Gasteiger partial charge is 0.379 e. The molecule has 0 aliphatic carbocycles. The summed E-state index contributed by atoms with van der Waals surface area (Å²) in [5.74, 6) is 0.593. The van der Waals surface area contributed by atoms with Crippen molar-refractivity contribution in [3.63, 3.8) is 0 Å². The second-order valence-corrected chi connectivity index (χ2v) is 8.12. The van der Waals surface area contributed by atoms with Crippen LogP contribution in [0.5, 0.6) is 0 Å². The number of rotatable bonds is 6. The SMILES string of the molecule is CCOCCOC1CCOC2(CCN(C(=O)C3CCN(C)CC3)CC2)C1. The van der Waals surface area contributed by atoms with Crippen molar-refractivity contribution in [2.45, 2.75) is 57.2 Å². The standard InChI is InChI=1S/C20H36N2O4/c1-3-24-14-15-25-18-6-13-26-20(16-18)7-11-22(12-8-20)19(23)17-4-9-21(2)10-5-17/h17-18H,3-16H2,1-2H3. The highest BCUT2D eigenvalue weighted by Crippen LogP contribution is 2.36. The number of hydrogen-bond acceptors (Lipinski definition) is 5. The second-order valence-electron chi connectivity index (χ2n) is 8.12. The molecule has 3 aliphatic heterocycles. The van der Waals surface area contributed by atoms with Crippen molar-refractivity contribution < 1.29 is 19.0 Å². The molecule has 3 heterocycles. The van der Waals surface area contributed by atoms with Gasteiger partial charge in [-0.25, -0.2) is 0 Å². The fourth-order valence-electron chi connectivity index (χ4n) is 4.54. The molecule has 0 bridgehead atoms. The molecule has 0 saturated carbocycles. The van der Waals surface area contributed by atoms with E-state index in [2.05, 4.69) is 16.8 Å². The van der Waals surface area contributed by atoms with Gasteiger partial charge in [0.05, 0.1) is 24.9 Å². The van der Waals surface area contributed by atoms with Crippen LogP contribution in [0.4, 0.5) is 0 Å². The molecule has 26 heavy (non-hydrogen) atoms. The minimum atomic E-state index is -0.0852. The van der Waals surface area contributed by atoms with Gasteiger partial charge in [0.1, 0.15) is 0 Å². The number of piperidine rings is 2. The van der Waals surface area contributed by atoms with Gasteiger partial charge in [-0.05, 0) is 59.2 Å². The molecule has 3 saturated heterocycles. The Bertz CT molecular complexity index is 443. The first kappa shape index (κ1) is 20.1. The molecular weight excluding hydrogens is 332 g/mol. The lowest BCUT2D eigenvalue weighted by molar-refractivity contribution is -0.165. The van der Waals surface area contributed by atoms with Crippen LogP contribution in [-0.2, 0) is 19.0 Å². The van der Waals surface area contributed by atoms with Gasteiger partial charge in [-0.15, -0.1) is 0 Å². The van der Waals surface area contributed by atoms with Gasteiger partial charge in [0.15, 0.2) is 0 Å². The highest BCUT2D eigenvalue weighted by Gasteiger charge is 2.42. The molecule has 1 atom stereocenters. The average molecular weight is 369 g/mol. The summed E-state index contributed by atoms with van der Waals surface area (Å²) in [7, 11) is 2.14. The highest BCUT2D eigenvalue weighted by atomic mass is 16.5. The Balaban J connectivity index is 1.44. The molecule has 0 aromatic heterocycles. The number of carbonyl (C=O) groups is 1. The van der Waals surface area contributed by atoms with Gasteiger partial charge in [-0.2, -0.15) is 0 Å². The van der Waals surface area contributed by atoms with E-state index in [1.807, 2.05) is 6.92 Å². The normalized spacial score (nSPS) is 27.8. The van der Waals surface area contributed by atoms with Crippen LogP contribution in [0.3, 0.4) is 0 Å².